The smallest absolute Gasteiger partial charge is 0.0184 e. The molecule has 2 aromatic carbocycles. The minimum absolute atomic E-state index is 1.09. The van der Waals surface area contributed by atoms with Crippen molar-refractivity contribution in [3.63, 3.8) is 0 Å². The molecule has 0 aliphatic heterocycles. The molecule has 20 heavy (non-hydrogen) atoms. The van der Waals surface area contributed by atoms with E-state index in [1.54, 1.807) is 0 Å². The van der Waals surface area contributed by atoms with Gasteiger partial charge in [-0.05, 0) is 40.7 Å². The van der Waals surface area contributed by atoms with Crippen LogP contribution in [0.3, 0.4) is 0 Å². The molecule has 0 heteroatoms. The van der Waals surface area contributed by atoms with Crippen molar-refractivity contribution in [1.82, 2.24) is 0 Å². The Morgan fingerprint density at radius 3 is 1.95 bits per heavy atom. The average Bonchev–Trinajstić information content (AvgIpc) is 2.56. The first-order valence-corrected chi connectivity index (χ1v) is 7.05. The normalized spacial score (nSPS) is 14.4. The molecule has 0 amide bonds. The molecule has 3 rings (SSSR count). The van der Waals surface area contributed by atoms with Crippen molar-refractivity contribution in [2.24, 2.45) is 0 Å². The van der Waals surface area contributed by atoms with E-state index in [4.69, 9.17) is 0 Å². The van der Waals surface area contributed by atoms with Gasteiger partial charge < -0.3 is 0 Å². The Bertz CT molecular complexity index is 655. The Morgan fingerprint density at radius 2 is 1.35 bits per heavy atom. The number of allylic oxidation sites excluding steroid dienone is 5. The molecule has 0 saturated heterocycles. The van der Waals surface area contributed by atoms with Gasteiger partial charge in [-0.1, -0.05) is 79.4 Å². The Kier molecular flexibility index (Phi) is 3.64. The van der Waals surface area contributed by atoms with E-state index >= 15 is 0 Å². The van der Waals surface area contributed by atoms with Crippen LogP contribution < -0.4 is 0 Å². The first kappa shape index (κ1) is 12.7. The molecule has 0 spiro atoms. The summed E-state index contributed by atoms with van der Waals surface area (Å²) >= 11 is 0. The van der Waals surface area contributed by atoms with E-state index in [1.165, 1.54) is 27.8 Å². The third-order valence-electron chi connectivity index (χ3n) is 3.81. The zero-order chi connectivity index (χ0) is 13.8. The fourth-order valence-corrected chi connectivity index (χ4v) is 2.57. The average molecular weight is 258 g/mol. The first-order chi connectivity index (χ1) is 9.86. The molecule has 1 aliphatic carbocycles. The standard InChI is InChI=1S/C20H18/c1-2-16-8-10-18(11-9-16)20-14-12-19(13-15-20)17-6-4-3-5-7-17/h2-8,10,12-15H,1,9,11H2. The number of rotatable bonds is 3. The molecule has 0 N–H and O–H groups in total. The SMILES string of the molecule is C=CC1=CC=C(c2ccc(-c3ccccc3)cc2)CC1. The lowest BCUT2D eigenvalue weighted by Crippen LogP contribution is -1.91. The van der Waals surface area contributed by atoms with Gasteiger partial charge in [-0.25, -0.2) is 0 Å². The summed E-state index contributed by atoms with van der Waals surface area (Å²) in [6.45, 7) is 3.83. The summed E-state index contributed by atoms with van der Waals surface area (Å²) in [4.78, 5) is 0. The van der Waals surface area contributed by atoms with E-state index in [-0.39, 0.29) is 0 Å². The number of hydrogen-bond donors (Lipinski definition) is 0. The van der Waals surface area contributed by atoms with Crippen LogP contribution >= 0.6 is 0 Å². The van der Waals surface area contributed by atoms with Gasteiger partial charge in [-0.3, -0.25) is 0 Å². The van der Waals surface area contributed by atoms with E-state index < -0.39 is 0 Å². The molecule has 0 atom stereocenters. The maximum atomic E-state index is 3.83. The number of benzene rings is 2. The van der Waals surface area contributed by atoms with Crippen molar-refractivity contribution >= 4 is 5.57 Å². The summed E-state index contributed by atoms with van der Waals surface area (Å²) in [5, 5.41) is 0. The Hall–Kier alpha value is -2.34. The summed E-state index contributed by atoms with van der Waals surface area (Å²) in [6.07, 6.45) is 8.54. The first-order valence-electron chi connectivity index (χ1n) is 7.05. The van der Waals surface area contributed by atoms with Gasteiger partial charge in [0.15, 0.2) is 0 Å². The van der Waals surface area contributed by atoms with Crippen LogP contribution in [0.1, 0.15) is 18.4 Å². The van der Waals surface area contributed by atoms with E-state index in [0.29, 0.717) is 0 Å². The molecule has 0 heterocycles. The van der Waals surface area contributed by atoms with Crippen molar-refractivity contribution in [2.45, 2.75) is 12.8 Å². The molecule has 1 aliphatic rings. The van der Waals surface area contributed by atoms with Crippen LogP contribution in [0.5, 0.6) is 0 Å². The van der Waals surface area contributed by atoms with Gasteiger partial charge in [0.2, 0.25) is 0 Å². The fourth-order valence-electron chi connectivity index (χ4n) is 2.57. The van der Waals surface area contributed by atoms with Gasteiger partial charge in [0, 0.05) is 0 Å². The Balaban J connectivity index is 1.86. The minimum atomic E-state index is 1.09. The molecule has 0 bridgehead atoms. The van der Waals surface area contributed by atoms with Crippen LogP contribution in [0.2, 0.25) is 0 Å². The van der Waals surface area contributed by atoms with E-state index in [9.17, 15) is 0 Å². The van der Waals surface area contributed by atoms with Crippen molar-refractivity contribution in [3.05, 3.63) is 90.5 Å². The second-order valence-corrected chi connectivity index (χ2v) is 5.08. The molecular weight excluding hydrogens is 240 g/mol. The van der Waals surface area contributed by atoms with E-state index in [0.717, 1.165) is 12.8 Å². The van der Waals surface area contributed by atoms with Crippen LogP contribution in [0.4, 0.5) is 0 Å². The second-order valence-electron chi connectivity index (χ2n) is 5.08. The largest absolute Gasteiger partial charge is 0.0988 e. The monoisotopic (exact) mass is 258 g/mol. The van der Waals surface area contributed by atoms with Crippen molar-refractivity contribution in [1.29, 1.82) is 0 Å². The van der Waals surface area contributed by atoms with Gasteiger partial charge in [-0.15, -0.1) is 0 Å². The maximum absolute atomic E-state index is 3.83. The molecule has 0 unspecified atom stereocenters. The molecular formula is C20H18. The van der Waals surface area contributed by atoms with Gasteiger partial charge in [-0.2, -0.15) is 0 Å². The van der Waals surface area contributed by atoms with E-state index in [1.807, 2.05) is 12.1 Å². The fraction of sp³-hybridized carbons (Fsp3) is 0.100. The van der Waals surface area contributed by atoms with Crippen LogP contribution in [0, 0.1) is 0 Å². The van der Waals surface area contributed by atoms with Crippen molar-refractivity contribution < 1.29 is 0 Å². The zero-order valence-electron chi connectivity index (χ0n) is 11.5. The highest BCUT2D eigenvalue weighted by Crippen LogP contribution is 2.28. The van der Waals surface area contributed by atoms with Crippen LogP contribution in [0.15, 0.2) is 85.0 Å². The lowest BCUT2D eigenvalue weighted by molar-refractivity contribution is 1.01. The predicted octanol–water partition coefficient (Wildman–Crippen LogP) is 5.64. The van der Waals surface area contributed by atoms with Crippen LogP contribution in [-0.2, 0) is 0 Å². The molecule has 2 aromatic rings. The summed E-state index contributed by atoms with van der Waals surface area (Å²) in [6, 6.07) is 19.4. The topological polar surface area (TPSA) is 0 Å². The van der Waals surface area contributed by atoms with Crippen molar-refractivity contribution in [3.8, 4) is 11.1 Å². The van der Waals surface area contributed by atoms with Gasteiger partial charge >= 0.3 is 0 Å². The summed E-state index contributed by atoms with van der Waals surface area (Å²) < 4.78 is 0. The predicted molar refractivity (Wildman–Crippen MR) is 87.4 cm³/mol. The molecule has 0 nitrogen and oxygen atoms in total. The summed E-state index contributed by atoms with van der Waals surface area (Å²) in [7, 11) is 0. The third-order valence-corrected chi connectivity index (χ3v) is 3.81. The lowest BCUT2D eigenvalue weighted by atomic mass is 9.92. The van der Waals surface area contributed by atoms with Crippen LogP contribution in [0.25, 0.3) is 16.7 Å². The summed E-state index contributed by atoms with van der Waals surface area (Å²) in [5.74, 6) is 0. The van der Waals surface area contributed by atoms with Gasteiger partial charge in [0.05, 0.1) is 0 Å². The third kappa shape index (κ3) is 2.65. The van der Waals surface area contributed by atoms with Crippen LogP contribution in [-0.4, -0.2) is 0 Å². The highest BCUT2D eigenvalue weighted by Gasteiger charge is 2.06. The second kappa shape index (κ2) is 5.75. The number of hydrogen-bond acceptors (Lipinski definition) is 0. The van der Waals surface area contributed by atoms with Crippen molar-refractivity contribution in [2.75, 3.05) is 0 Å². The zero-order valence-corrected chi connectivity index (χ0v) is 11.5. The van der Waals surface area contributed by atoms with Gasteiger partial charge in [0.1, 0.15) is 0 Å². The quantitative estimate of drug-likeness (QED) is 0.668. The molecule has 0 aromatic heterocycles. The molecule has 0 radical (unpaired) electrons. The highest BCUT2D eigenvalue weighted by molar-refractivity contribution is 5.72. The Morgan fingerprint density at radius 1 is 0.700 bits per heavy atom. The highest BCUT2D eigenvalue weighted by atomic mass is 14.1. The molecule has 0 saturated carbocycles. The molecule has 0 fully saturated rings. The van der Waals surface area contributed by atoms with E-state index in [2.05, 4.69) is 67.3 Å². The van der Waals surface area contributed by atoms with Gasteiger partial charge in [0.25, 0.3) is 0 Å². The summed E-state index contributed by atoms with van der Waals surface area (Å²) in [5.41, 5.74) is 6.60. The Labute approximate surface area is 120 Å². The molecule has 98 valence electrons. The maximum Gasteiger partial charge on any atom is -0.0184 e. The lowest BCUT2D eigenvalue weighted by Gasteiger charge is -2.13. The minimum Gasteiger partial charge on any atom is -0.0988 e.